The Hall–Kier alpha value is -3.73. The SMILES string of the molecule is O=C(NCC#CCOc1cccc(C(F)(F)F)c1)c1cc2ccccc2oc1=O. The Morgan fingerprint density at radius 2 is 1.86 bits per heavy atom. The lowest BCUT2D eigenvalue weighted by atomic mass is 10.2. The molecular weight excluding hydrogens is 387 g/mol. The lowest BCUT2D eigenvalue weighted by molar-refractivity contribution is -0.137. The van der Waals surface area contributed by atoms with Gasteiger partial charge in [-0.15, -0.1) is 0 Å². The molecule has 1 N–H and O–H groups in total. The number of carbonyl (C=O) groups excluding carboxylic acids is 1. The molecule has 1 amide bonds. The highest BCUT2D eigenvalue weighted by Crippen LogP contribution is 2.31. The van der Waals surface area contributed by atoms with Crippen molar-refractivity contribution in [2.45, 2.75) is 6.18 Å². The number of ether oxygens (including phenoxy) is 1. The van der Waals surface area contributed by atoms with E-state index in [1.54, 1.807) is 24.3 Å². The maximum Gasteiger partial charge on any atom is 0.416 e. The van der Waals surface area contributed by atoms with E-state index in [4.69, 9.17) is 9.15 Å². The van der Waals surface area contributed by atoms with Crippen LogP contribution in [0.15, 0.2) is 63.8 Å². The van der Waals surface area contributed by atoms with Crippen LogP contribution in [0.25, 0.3) is 11.0 Å². The first-order valence-corrected chi connectivity index (χ1v) is 8.41. The van der Waals surface area contributed by atoms with Crippen molar-refractivity contribution in [3.8, 4) is 17.6 Å². The molecule has 0 saturated heterocycles. The zero-order chi connectivity index (χ0) is 20.9. The summed E-state index contributed by atoms with van der Waals surface area (Å²) in [6.07, 6.45) is -4.45. The molecule has 0 aliphatic heterocycles. The third kappa shape index (κ3) is 5.17. The number of para-hydroxylation sites is 1. The van der Waals surface area contributed by atoms with Gasteiger partial charge in [-0.1, -0.05) is 36.1 Å². The van der Waals surface area contributed by atoms with Crippen molar-refractivity contribution in [3.63, 3.8) is 0 Å². The fourth-order valence-electron chi connectivity index (χ4n) is 2.44. The molecule has 1 heterocycles. The summed E-state index contributed by atoms with van der Waals surface area (Å²) in [6.45, 7) is -0.230. The first-order valence-electron chi connectivity index (χ1n) is 8.41. The normalized spacial score (nSPS) is 10.9. The zero-order valence-corrected chi connectivity index (χ0v) is 14.9. The van der Waals surface area contributed by atoms with Gasteiger partial charge in [-0.25, -0.2) is 4.79 Å². The Bertz CT molecular complexity index is 1160. The molecule has 3 aromatic rings. The molecular formula is C21H14F3NO4. The molecule has 1 aromatic heterocycles. The fourth-order valence-corrected chi connectivity index (χ4v) is 2.44. The van der Waals surface area contributed by atoms with Gasteiger partial charge >= 0.3 is 11.8 Å². The topological polar surface area (TPSA) is 68.5 Å². The number of nitrogens with one attached hydrogen (secondary N) is 1. The van der Waals surface area contributed by atoms with Crippen molar-refractivity contribution in [1.29, 1.82) is 0 Å². The first kappa shape index (κ1) is 20.0. The molecule has 0 unspecified atom stereocenters. The summed E-state index contributed by atoms with van der Waals surface area (Å²) in [7, 11) is 0. The van der Waals surface area contributed by atoms with Gasteiger partial charge in [0.05, 0.1) is 12.1 Å². The molecule has 3 rings (SSSR count). The van der Waals surface area contributed by atoms with Gasteiger partial charge in [-0.05, 0) is 30.3 Å². The number of carbonyl (C=O) groups is 1. The molecule has 148 valence electrons. The van der Waals surface area contributed by atoms with Gasteiger partial charge in [0, 0.05) is 5.39 Å². The molecule has 0 fully saturated rings. The Balaban J connectivity index is 1.54. The zero-order valence-electron chi connectivity index (χ0n) is 14.9. The van der Waals surface area contributed by atoms with E-state index in [1.165, 1.54) is 18.2 Å². The predicted octanol–water partition coefficient (Wildman–Crippen LogP) is 3.62. The third-order valence-corrected chi connectivity index (χ3v) is 3.82. The second-order valence-corrected chi connectivity index (χ2v) is 5.84. The van der Waals surface area contributed by atoms with Gasteiger partial charge in [0.1, 0.15) is 23.5 Å². The molecule has 0 spiro atoms. The average Bonchev–Trinajstić information content (AvgIpc) is 2.69. The van der Waals surface area contributed by atoms with Gasteiger partial charge in [0.25, 0.3) is 5.91 Å². The Morgan fingerprint density at radius 3 is 2.66 bits per heavy atom. The van der Waals surface area contributed by atoms with Crippen molar-refractivity contribution in [2.24, 2.45) is 0 Å². The summed E-state index contributed by atoms with van der Waals surface area (Å²) in [6, 6.07) is 12.7. The van der Waals surface area contributed by atoms with E-state index in [-0.39, 0.29) is 24.5 Å². The molecule has 8 heteroatoms. The monoisotopic (exact) mass is 401 g/mol. The summed E-state index contributed by atoms with van der Waals surface area (Å²) in [5.41, 5.74) is -1.35. The summed E-state index contributed by atoms with van der Waals surface area (Å²) in [5.74, 6) is 4.56. The Kier molecular flexibility index (Phi) is 5.88. The minimum atomic E-state index is -4.45. The number of benzene rings is 2. The van der Waals surface area contributed by atoms with E-state index in [2.05, 4.69) is 17.2 Å². The van der Waals surface area contributed by atoms with Crippen LogP contribution in [0.2, 0.25) is 0 Å². The highest BCUT2D eigenvalue weighted by Gasteiger charge is 2.30. The van der Waals surface area contributed by atoms with E-state index in [1.807, 2.05) is 0 Å². The lowest BCUT2D eigenvalue weighted by Gasteiger charge is -2.08. The average molecular weight is 401 g/mol. The largest absolute Gasteiger partial charge is 0.481 e. The smallest absolute Gasteiger partial charge is 0.416 e. The summed E-state index contributed by atoms with van der Waals surface area (Å²) < 4.78 is 48.1. The van der Waals surface area contributed by atoms with Gasteiger partial charge < -0.3 is 14.5 Å². The van der Waals surface area contributed by atoms with Crippen molar-refractivity contribution in [2.75, 3.05) is 13.2 Å². The van der Waals surface area contributed by atoms with Crippen LogP contribution in [0.3, 0.4) is 0 Å². The van der Waals surface area contributed by atoms with Crippen LogP contribution in [-0.4, -0.2) is 19.1 Å². The van der Waals surface area contributed by atoms with Crippen LogP contribution >= 0.6 is 0 Å². The molecule has 0 bridgehead atoms. The van der Waals surface area contributed by atoms with Gasteiger partial charge in [-0.2, -0.15) is 13.2 Å². The van der Waals surface area contributed by atoms with E-state index in [0.29, 0.717) is 11.0 Å². The first-order chi connectivity index (χ1) is 13.8. The highest BCUT2D eigenvalue weighted by atomic mass is 19.4. The van der Waals surface area contributed by atoms with Crippen LogP contribution in [0.4, 0.5) is 13.2 Å². The van der Waals surface area contributed by atoms with Crippen LogP contribution in [0.5, 0.6) is 5.75 Å². The molecule has 5 nitrogen and oxygen atoms in total. The number of fused-ring (bicyclic) bond motifs is 1. The second kappa shape index (κ2) is 8.52. The summed E-state index contributed by atoms with van der Waals surface area (Å²) >= 11 is 0. The van der Waals surface area contributed by atoms with Crippen LogP contribution < -0.4 is 15.7 Å². The van der Waals surface area contributed by atoms with E-state index in [0.717, 1.165) is 12.1 Å². The molecule has 2 aromatic carbocycles. The van der Waals surface area contributed by atoms with Gasteiger partial charge in [0.15, 0.2) is 0 Å². The van der Waals surface area contributed by atoms with Crippen LogP contribution in [0, 0.1) is 11.8 Å². The third-order valence-electron chi connectivity index (χ3n) is 3.82. The number of alkyl halides is 3. The molecule has 0 radical (unpaired) electrons. The summed E-state index contributed by atoms with van der Waals surface area (Å²) in [5, 5.41) is 3.06. The molecule has 0 aliphatic carbocycles. The van der Waals surface area contributed by atoms with Crippen molar-refractivity contribution < 1.29 is 27.1 Å². The quantitative estimate of drug-likeness (QED) is 0.536. The number of amides is 1. The highest BCUT2D eigenvalue weighted by molar-refractivity contribution is 5.96. The maximum absolute atomic E-state index is 12.6. The Labute approximate surface area is 163 Å². The number of halogens is 3. The molecule has 0 atom stereocenters. The van der Waals surface area contributed by atoms with E-state index in [9.17, 15) is 22.8 Å². The maximum atomic E-state index is 12.6. The molecule has 0 saturated carbocycles. The predicted molar refractivity (Wildman–Crippen MR) is 99.5 cm³/mol. The van der Waals surface area contributed by atoms with Crippen LogP contribution in [0.1, 0.15) is 15.9 Å². The van der Waals surface area contributed by atoms with Gasteiger partial charge in [-0.3, -0.25) is 4.79 Å². The van der Waals surface area contributed by atoms with E-state index < -0.39 is 23.3 Å². The number of hydrogen-bond donors (Lipinski definition) is 1. The second-order valence-electron chi connectivity index (χ2n) is 5.84. The van der Waals surface area contributed by atoms with Crippen molar-refractivity contribution in [3.05, 3.63) is 76.1 Å². The minimum absolute atomic E-state index is 0.0342. The minimum Gasteiger partial charge on any atom is -0.481 e. The van der Waals surface area contributed by atoms with Crippen molar-refractivity contribution in [1.82, 2.24) is 5.32 Å². The summed E-state index contributed by atoms with van der Waals surface area (Å²) in [4.78, 5) is 24.0. The number of hydrogen-bond acceptors (Lipinski definition) is 4. The molecule has 29 heavy (non-hydrogen) atoms. The molecule has 0 aliphatic rings. The standard InChI is InChI=1S/C21H14F3NO4/c22-21(23,24)15-7-5-8-16(13-15)28-11-4-3-10-25-19(26)17-12-14-6-1-2-9-18(14)29-20(17)27/h1-2,5-9,12-13H,10-11H2,(H,25,26). The van der Waals surface area contributed by atoms with Crippen molar-refractivity contribution >= 4 is 16.9 Å². The van der Waals surface area contributed by atoms with E-state index >= 15 is 0 Å². The van der Waals surface area contributed by atoms with Gasteiger partial charge in [0.2, 0.25) is 0 Å². The number of rotatable bonds is 4. The fraction of sp³-hybridized carbons (Fsp3) is 0.143. The Morgan fingerprint density at radius 1 is 1.07 bits per heavy atom. The lowest BCUT2D eigenvalue weighted by Crippen LogP contribution is -2.28. The van der Waals surface area contributed by atoms with Crippen LogP contribution in [-0.2, 0) is 6.18 Å².